The van der Waals surface area contributed by atoms with Crippen LogP contribution < -0.4 is 15.0 Å². The van der Waals surface area contributed by atoms with Crippen LogP contribution in [0.4, 0.5) is 5.69 Å². The topological polar surface area (TPSA) is 61.9 Å². The summed E-state index contributed by atoms with van der Waals surface area (Å²) in [7, 11) is 1.66. The standard InChI is InChI=1S/C21H25N3O3/c1-27-19-10-6-5-9-18(19)23-11-13-24(14-12-23)21(26)15-20(25)22-16-17-7-3-2-4-8-17/h2-10H,11-16H2,1H3,(H,22,25). The van der Waals surface area contributed by atoms with E-state index >= 15 is 0 Å². The first-order valence-corrected chi connectivity index (χ1v) is 9.13. The zero-order valence-corrected chi connectivity index (χ0v) is 15.6. The van der Waals surface area contributed by atoms with Crippen molar-refractivity contribution in [1.29, 1.82) is 0 Å². The van der Waals surface area contributed by atoms with E-state index < -0.39 is 0 Å². The van der Waals surface area contributed by atoms with Crippen molar-refractivity contribution in [3.8, 4) is 5.75 Å². The zero-order chi connectivity index (χ0) is 19.1. The van der Waals surface area contributed by atoms with E-state index in [0.29, 0.717) is 19.6 Å². The van der Waals surface area contributed by atoms with Crippen molar-refractivity contribution >= 4 is 17.5 Å². The number of hydrogen-bond donors (Lipinski definition) is 1. The zero-order valence-electron chi connectivity index (χ0n) is 15.6. The van der Waals surface area contributed by atoms with Crippen molar-refractivity contribution in [3.63, 3.8) is 0 Å². The van der Waals surface area contributed by atoms with E-state index in [0.717, 1.165) is 30.1 Å². The third-order valence-electron chi connectivity index (χ3n) is 4.70. The van der Waals surface area contributed by atoms with Crippen LogP contribution in [-0.2, 0) is 16.1 Å². The molecule has 2 amide bonds. The summed E-state index contributed by atoms with van der Waals surface area (Å²) in [5.41, 5.74) is 2.05. The maximum atomic E-state index is 12.4. The van der Waals surface area contributed by atoms with E-state index in [1.165, 1.54) is 0 Å². The molecule has 0 saturated carbocycles. The Morgan fingerprint density at radius 2 is 1.63 bits per heavy atom. The SMILES string of the molecule is COc1ccccc1N1CCN(C(=O)CC(=O)NCc2ccccc2)CC1. The largest absolute Gasteiger partial charge is 0.495 e. The van der Waals surface area contributed by atoms with Crippen molar-refractivity contribution in [2.45, 2.75) is 13.0 Å². The maximum Gasteiger partial charge on any atom is 0.232 e. The van der Waals surface area contributed by atoms with Crippen LogP contribution in [-0.4, -0.2) is 50.0 Å². The number of rotatable bonds is 6. The quantitative estimate of drug-likeness (QED) is 0.794. The number of ether oxygens (including phenoxy) is 1. The van der Waals surface area contributed by atoms with E-state index in [1.807, 2.05) is 54.6 Å². The third kappa shape index (κ3) is 5.00. The summed E-state index contributed by atoms with van der Waals surface area (Å²) in [5.74, 6) is 0.466. The molecule has 0 aromatic heterocycles. The second-order valence-electron chi connectivity index (χ2n) is 6.48. The summed E-state index contributed by atoms with van der Waals surface area (Å²) in [6, 6.07) is 17.5. The van der Waals surface area contributed by atoms with Crippen LogP contribution in [0.5, 0.6) is 5.75 Å². The van der Waals surface area contributed by atoms with Crippen LogP contribution >= 0.6 is 0 Å². The highest BCUT2D eigenvalue weighted by molar-refractivity contribution is 5.97. The molecule has 0 spiro atoms. The van der Waals surface area contributed by atoms with Gasteiger partial charge in [0, 0.05) is 32.7 Å². The molecule has 0 atom stereocenters. The van der Waals surface area contributed by atoms with Gasteiger partial charge in [-0.3, -0.25) is 9.59 Å². The summed E-state index contributed by atoms with van der Waals surface area (Å²) in [4.78, 5) is 28.4. The van der Waals surface area contributed by atoms with E-state index in [9.17, 15) is 9.59 Å². The smallest absolute Gasteiger partial charge is 0.232 e. The highest BCUT2D eigenvalue weighted by Gasteiger charge is 2.24. The van der Waals surface area contributed by atoms with Gasteiger partial charge in [0.25, 0.3) is 0 Å². The second-order valence-corrected chi connectivity index (χ2v) is 6.48. The van der Waals surface area contributed by atoms with Crippen molar-refractivity contribution in [3.05, 3.63) is 60.2 Å². The molecule has 2 aromatic carbocycles. The summed E-state index contributed by atoms with van der Waals surface area (Å²) in [6.07, 6.45) is -0.110. The number of para-hydroxylation sites is 2. The molecule has 1 aliphatic heterocycles. The van der Waals surface area contributed by atoms with E-state index in [1.54, 1.807) is 12.0 Å². The minimum atomic E-state index is -0.240. The fourth-order valence-corrected chi connectivity index (χ4v) is 3.20. The van der Waals surface area contributed by atoms with Gasteiger partial charge in [-0.2, -0.15) is 0 Å². The lowest BCUT2D eigenvalue weighted by Gasteiger charge is -2.36. The van der Waals surface area contributed by atoms with E-state index in [4.69, 9.17) is 4.74 Å². The van der Waals surface area contributed by atoms with Crippen LogP contribution in [0.1, 0.15) is 12.0 Å². The van der Waals surface area contributed by atoms with Gasteiger partial charge in [0.1, 0.15) is 12.2 Å². The first-order chi connectivity index (χ1) is 13.2. The molecule has 1 heterocycles. The molecule has 1 fully saturated rings. The number of carbonyl (C=O) groups excluding carboxylic acids is 2. The number of piperazine rings is 1. The van der Waals surface area contributed by atoms with Crippen molar-refractivity contribution in [2.75, 3.05) is 38.2 Å². The third-order valence-corrected chi connectivity index (χ3v) is 4.70. The molecule has 1 N–H and O–H groups in total. The molecule has 27 heavy (non-hydrogen) atoms. The monoisotopic (exact) mass is 367 g/mol. The van der Waals surface area contributed by atoms with Gasteiger partial charge >= 0.3 is 0 Å². The Bertz CT molecular complexity index is 771. The fourth-order valence-electron chi connectivity index (χ4n) is 3.20. The molecule has 0 radical (unpaired) electrons. The average molecular weight is 367 g/mol. The molecule has 6 heteroatoms. The molecule has 142 valence electrons. The van der Waals surface area contributed by atoms with Gasteiger partial charge in [-0.25, -0.2) is 0 Å². The van der Waals surface area contributed by atoms with Crippen molar-refractivity contribution in [1.82, 2.24) is 10.2 Å². The first-order valence-electron chi connectivity index (χ1n) is 9.13. The van der Waals surface area contributed by atoms with Gasteiger partial charge in [-0.05, 0) is 17.7 Å². The number of amides is 2. The normalized spacial score (nSPS) is 14.0. The molecule has 0 aliphatic carbocycles. The average Bonchev–Trinajstić information content (AvgIpc) is 2.73. The number of nitrogens with zero attached hydrogens (tertiary/aromatic N) is 2. The minimum absolute atomic E-state index is 0.110. The Balaban J connectivity index is 1.46. The van der Waals surface area contributed by atoms with Gasteiger partial charge in [0.05, 0.1) is 12.8 Å². The Kier molecular flexibility index (Phi) is 6.30. The van der Waals surface area contributed by atoms with Gasteiger partial charge in [0.15, 0.2) is 0 Å². The summed E-state index contributed by atoms with van der Waals surface area (Å²) >= 11 is 0. The number of carbonyl (C=O) groups is 2. The van der Waals surface area contributed by atoms with Crippen molar-refractivity contribution < 1.29 is 14.3 Å². The van der Waals surface area contributed by atoms with Crippen LogP contribution in [0.2, 0.25) is 0 Å². The highest BCUT2D eigenvalue weighted by Crippen LogP contribution is 2.28. The van der Waals surface area contributed by atoms with Gasteiger partial charge in [-0.15, -0.1) is 0 Å². The molecule has 3 rings (SSSR count). The fraction of sp³-hybridized carbons (Fsp3) is 0.333. The minimum Gasteiger partial charge on any atom is -0.495 e. The molecular formula is C21H25N3O3. The lowest BCUT2D eigenvalue weighted by molar-refractivity contribution is -0.136. The summed E-state index contributed by atoms with van der Waals surface area (Å²) < 4.78 is 5.41. The summed E-state index contributed by atoms with van der Waals surface area (Å²) in [5, 5.41) is 2.81. The Hall–Kier alpha value is -3.02. The maximum absolute atomic E-state index is 12.4. The predicted molar refractivity (Wildman–Crippen MR) is 105 cm³/mol. The number of hydrogen-bond acceptors (Lipinski definition) is 4. The van der Waals surface area contributed by atoms with E-state index in [2.05, 4.69) is 10.2 Å². The number of benzene rings is 2. The molecule has 2 aromatic rings. The van der Waals surface area contributed by atoms with Crippen molar-refractivity contribution in [2.24, 2.45) is 0 Å². The van der Waals surface area contributed by atoms with Gasteiger partial charge in [0.2, 0.25) is 11.8 Å². The molecule has 6 nitrogen and oxygen atoms in total. The molecular weight excluding hydrogens is 342 g/mol. The first kappa shape index (κ1) is 18.8. The predicted octanol–water partition coefficient (Wildman–Crippen LogP) is 2.05. The lowest BCUT2D eigenvalue weighted by atomic mass is 10.2. The molecule has 1 saturated heterocycles. The Labute approximate surface area is 159 Å². The number of methoxy groups -OCH3 is 1. The van der Waals surface area contributed by atoms with E-state index in [-0.39, 0.29) is 18.2 Å². The highest BCUT2D eigenvalue weighted by atomic mass is 16.5. The Morgan fingerprint density at radius 3 is 2.33 bits per heavy atom. The lowest BCUT2D eigenvalue weighted by Crippen LogP contribution is -2.49. The number of nitrogens with one attached hydrogen (secondary N) is 1. The van der Waals surface area contributed by atoms with Crippen LogP contribution in [0.25, 0.3) is 0 Å². The molecule has 1 aliphatic rings. The van der Waals surface area contributed by atoms with Crippen LogP contribution in [0.3, 0.4) is 0 Å². The van der Waals surface area contributed by atoms with Crippen LogP contribution in [0, 0.1) is 0 Å². The summed E-state index contributed by atoms with van der Waals surface area (Å²) in [6.45, 7) is 3.08. The number of anilines is 1. The molecule has 0 bridgehead atoms. The van der Waals surface area contributed by atoms with Crippen LogP contribution in [0.15, 0.2) is 54.6 Å². The van der Waals surface area contributed by atoms with Gasteiger partial charge in [-0.1, -0.05) is 42.5 Å². The molecule has 0 unspecified atom stereocenters. The second kappa shape index (κ2) is 9.07. The van der Waals surface area contributed by atoms with Gasteiger partial charge < -0.3 is 19.9 Å². The Morgan fingerprint density at radius 1 is 0.963 bits per heavy atom.